The van der Waals surface area contributed by atoms with E-state index >= 15 is 0 Å². The van der Waals surface area contributed by atoms with Crippen LogP contribution in [0.3, 0.4) is 0 Å². The number of piperidine rings is 2. The minimum Gasteiger partial charge on any atom is -0.338 e. The molecule has 0 aromatic carbocycles. The molecule has 0 unspecified atom stereocenters. The van der Waals surface area contributed by atoms with Crippen molar-refractivity contribution in [3.8, 4) is 0 Å². The Balaban J connectivity index is 1.67. The maximum atomic E-state index is 5.27. The Morgan fingerprint density at radius 2 is 0.796 bits per heavy atom. The van der Waals surface area contributed by atoms with Crippen LogP contribution in [-0.4, -0.2) is 83.8 Å². The zero-order valence-corrected chi connectivity index (χ0v) is 36.5. The van der Waals surface area contributed by atoms with Crippen molar-refractivity contribution in [3.05, 3.63) is 12.7 Å². The Kier molecular flexibility index (Phi) is 16.3. The summed E-state index contributed by atoms with van der Waals surface area (Å²) in [5, 5.41) is 7.73. The van der Waals surface area contributed by atoms with Gasteiger partial charge in [-0.2, -0.15) is 9.97 Å². The van der Waals surface area contributed by atoms with Gasteiger partial charge in [0, 0.05) is 53.9 Å². The first-order valence-electron chi connectivity index (χ1n) is 21.8. The minimum absolute atomic E-state index is 0.0124. The molecule has 4 rings (SSSR count). The molecule has 11 heteroatoms. The number of nitrogens with zero attached hydrogens (tertiary/aromatic N) is 9. The van der Waals surface area contributed by atoms with Crippen molar-refractivity contribution in [3.63, 3.8) is 0 Å². The molecule has 2 saturated heterocycles. The molecule has 0 saturated carbocycles. The predicted molar refractivity (Wildman–Crippen MR) is 227 cm³/mol. The first-order chi connectivity index (χ1) is 25.6. The van der Waals surface area contributed by atoms with E-state index in [9.17, 15) is 0 Å². The first-order valence-corrected chi connectivity index (χ1v) is 21.8. The molecule has 0 radical (unpaired) electrons. The summed E-state index contributed by atoms with van der Waals surface area (Å²) in [6.07, 6.45) is 23.3. The van der Waals surface area contributed by atoms with Crippen LogP contribution in [0, 0.1) is 0 Å². The van der Waals surface area contributed by atoms with E-state index in [0.29, 0.717) is 24.0 Å². The van der Waals surface area contributed by atoms with Gasteiger partial charge in [-0.1, -0.05) is 85.0 Å². The van der Waals surface area contributed by atoms with Crippen LogP contribution in [0.5, 0.6) is 0 Å². The van der Waals surface area contributed by atoms with Gasteiger partial charge in [-0.25, -0.2) is 19.9 Å². The number of nitrogens with one attached hydrogen (secondary N) is 2. The van der Waals surface area contributed by atoms with Gasteiger partial charge in [0.15, 0.2) is 0 Å². The van der Waals surface area contributed by atoms with Crippen molar-refractivity contribution in [2.45, 2.75) is 220 Å². The van der Waals surface area contributed by atoms with E-state index in [2.05, 4.69) is 101 Å². The zero-order chi connectivity index (χ0) is 39.4. The molecule has 0 atom stereocenters. The van der Waals surface area contributed by atoms with Gasteiger partial charge in [-0.3, -0.25) is 4.90 Å². The summed E-state index contributed by atoms with van der Waals surface area (Å²) in [7, 11) is 0. The highest BCUT2D eigenvalue weighted by atomic mass is 15.4. The lowest BCUT2D eigenvalue weighted by atomic mass is 9.79. The fourth-order valence-corrected chi connectivity index (χ4v) is 9.49. The summed E-state index contributed by atoms with van der Waals surface area (Å²) in [5.74, 6) is 2.74. The largest absolute Gasteiger partial charge is 0.338 e. The molecule has 2 aromatic rings. The quantitative estimate of drug-likeness (QED) is 0.112. The fourth-order valence-electron chi connectivity index (χ4n) is 9.49. The lowest BCUT2D eigenvalue weighted by Crippen LogP contribution is -2.62. The Morgan fingerprint density at radius 3 is 1.17 bits per heavy atom. The van der Waals surface area contributed by atoms with Gasteiger partial charge >= 0.3 is 0 Å². The zero-order valence-electron chi connectivity index (χ0n) is 36.5. The summed E-state index contributed by atoms with van der Waals surface area (Å²) in [6.45, 7) is 27.9. The second-order valence-corrected chi connectivity index (χ2v) is 19.2. The van der Waals surface area contributed by atoms with Gasteiger partial charge in [0.05, 0.1) is 0 Å². The first kappa shape index (κ1) is 44.1. The predicted octanol–water partition coefficient (Wildman–Crippen LogP) is 9.56. The molecule has 306 valence electrons. The molecular formula is C43H79N11. The van der Waals surface area contributed by atoms with Crippen LogP contribution in [0.4, 0.5) is 23.8 Å². The Bertz CT molecular complexity index is 1270. The number of unbranched alkanes of at least 4 members (excludes halogenated alkanes) is 10. The summed E-state index contributed by atoms with van der Waals surface area (Å²) in [6, 6.07) is 0.636. The number of hydrogen-bond acceptors (Lipinski definition) is 11. The molecular weight excluding hydrogens is 671 g/mol. The molecule has 4 heterocycles. The van der Waals surface area contributed by atoms with Crippen LogP contribution >= 0.6 is 0 Å². The van der Waals surface area contributed by atoms with E-state index in [0.717, 1.165) is 95.7 Å². The maximum Gasteiger partial charge on any atom is 0.237 e. The summed E-state index contributed by atoms with van der Waals surface area (Å²) >= 11 is 0. The Morgan fingerprint density at radius 1 is 0.463 bits per heavy atom. The third kappa shape index (κ3) is 13.5. The van der Waals surface area contributed by atoms with Crippen LogP contribution in [0.15, 0.2) is 12.7 Å². The Hall–Kier alpha value is -2.66. The summed E-state index contributed by atoms with van der Waals surface area (Å²) in [5.41, 5.74) is 0.0497. The lowest BCUT2D eigenvalue weighted by Gasteiger charge is -2.49. The molecule has 11 nitrogen and oxygen atoms in total. The molecule has 0 amide bonds. The number of aromatic nitrogens is 6. The van der Waals surface area contributed by atoms with E-state index < -0.39 is 0 Å². The normalized spacial score (nSPS) is 19.5. The molecule has 2 aliphatic heterocycles. The van der Waals surface area contributed by atoms with Crippen LogP contribution < -0.4 is 25.3 Å². The third-order valence-electron chi connectivity index (χ3n) is 11.3. The lowest BCUT2D eigenvalue weighted by molar-refractivity contribution is 0.157. The van der Waals surface area contributed by atoms with Gasteiger partial charge in [-0.05, 0) is 100 Å². The highest BCUT2D eigenvalue weighted by Crippen LogP contribution is 2.35. The van der Waals surface area contributed by atoms with E-state index in [4.69, 9.17) is 29.9 Å². The maximum absolute atomic E-state index is 5.27. The van der Waals surface area contributed by atoms with Crippen LogP contribution in [-0.2, 0) is 0 Å². The summed E-state index contributed by atoms with van der Waals surface area (Å²) < 4.78 is 0. The van der Waals surface area contributed by atoms with E-state index in [1.807, 2.05) is 0 Å². The van der Waals surface area contributed by atoms with Crippen molar-refractivity contribution in [2.75, 3.05) is 34.3 Å². The van der Waals surface area contributed by atoms with Crippen LogP contribution in [0.2, 0.25) is 0 Å². The number of rotatable bonds is 22. The fraction of sp³-hybridized carbons (Fsp3) is 0.860. The second-order valence-electron chi connectivity index (χ2n) is 19.2. The van der Waals surface area contributed by atoms with E-state index in [1.165, 1.54) is 44.9 Å². The molecule has 0 spiro atoms. The van der Waals surface area contributed by atoms with E-state index in [1.54, 1.807) is 12.7 Å². The second kappa shape index (κ2) is 20.0. The van der Waals surface area contributed by atoms with Crippen molar-refractivity contribution in [1.29, 1.82) is 0 Å². The number of anilines is 4. The molecule has 2 aliphatic rings. The van der Waals surface area contributed by atoms with Gasteiger partial charge in [-0.15, -0.1) is 0 Å². The third-order valence-corrected chi connectivity index (χ3v) is 11.3. The molecule has 2 fully saturated rings. The van der Waals surface area contributed by atoms with Crippen molar-refractivity contribution < 1.29 is 0 Å². The standard InChI is InChI=1S/C43H79N11/c1-12-15-18-19-20-21-22-23-24-27-54(38-46-32-44-36(48-38)52(25-16-13-2)34-28-40(4,5)50-41(6,7)29-34)39-47-33-45-37(49-39)53(26-17-14-3)35-30-42(8,9)51-43(10,11)31-35/h32-35,50-51H,12-31H2,1-11H3. The van der Waals surface area contributed by atoms with Crippen molar-refractivity contribution >= 4 is 23.8 Å². The van der Waals surface area contributed by atoms with Crippen LogP contribution in [0.1, 0.15) is 185 Å². The van der Waals surface area contributed by atoms with Gasteiger partial charge in [0.1, 0.15) is 12.7 Å². The molecule has 2 N–H and O–H groups in total. The highest BCUT2D eigenvalue weighted by molar-refractivity contribution is 5.51. The average Bonchev–Trinajstić information content (AvgIpc) is 3.07. The van der Waals surface area contributed by atoms with Gasteiger partial charge < -0.3 is 20.4 Å². The average molecular weight is 750 g/mol. The molecule has 0 bridgehead atoms. The van der Waals surface area contributed by atoms with Gasteiger partial charge in [0.25, 0.3) is 0 Å². The smallest absolute Gasteiger partial charge is 0.237 e. The Labute approximate surface area is 330 Å². The highest BCUT2D eigenvalue weighted by Gasteiger charge is 2.42. The topological polar surface area (TPSA) is 111 Å². The molecule has 2 aromatic heterocycles. The van der Waals surface area contributed by atoms with Crippen molar-refractivity contribution in [2.24, 2.45) is 0 Å². The molecule has 54 heavy (non-hydrogen) atoms. The molecule has 0 aliphatic carbocycles. The van der Waals surface area contributed by atoms with E-state index in [-0.39, 0.29) is 22.2 Å². The number of hydrogen-bond donors (Lipinski definition) is 2. The van der Waals surface area contributed by atoms with Crippen LogP contribution in [0.25, 0.3) is 0 Å². The monoisotopic (exact) mass is 750 g/mol. The minimum atomic E-state index is 0.0124. The van der Waals surface area contributed by atoms with Gasteiger partial charge in [0.2, 0.25) is 23.8 Å². The SMILES string of the molecule is CCCCCCCCCCCN(c1ncnc(N(CCCC)C2CC(C)(C)NC(C)(C)C2)n1)c1ncnc(N(CCCC)C2CC(C)(C)NC(C)(C)C2)n1. The summed E-state index contributed by atoms with van der Waals surface area (Å²) in [4.78, 5) is 37.0. The van der Waals surface area contributed by atoms with Crippen molar-refractivity contribution in [1.82, 2.24) is 40.5 Å².